The lowest BCUT2D eigenvalue weighted by Gasteiger charge is -2.16. The molecule has 10 heteroatoms. The fraction of sp³-hybridized carbons (Fsp3) is 0.400. The Morgan fingerprint density at radius 2 is 1.89 bits per heavy atom. The Labute approximate surface area is 203 Å². The molecule has 0 saturated carbocycles. The number of nitrogens with zero attached hydrogens (tertiary/aromatic N) is 4. The fourth-order valence-electron chi connectivity index (χ4n) is 4.32. The van der Waals surface area contributed by atoms with Crippen molar-refractivity contribution < 1.29 is 23.9 Å². The number of fused-ring (bicyclic) bond motifs is 1. The highest BCUT2D eigenvalue weighted by Gasteiger charge is 2.39. The molecule has 3 heterocycles. The number of ether oxygens (including phenoxy) is 2. The minimum Gasteiger partial charge on any atom is -0.450 e. The number of likely N-dealkylation sites (tertiary alicyclic amines) is 1. The van der Waals surface area contributed by atoms with E-state index in [1.807, 2.05) is 37.3 Å². The molecule has 1 N–H and O–H groups in total. The van der Waals surface area contributed by atoms with Crippen LogP contribution in [0, 0.1) is 11.8 Å². The van der Waals surface area contributed by atoms with Crippen LogP contribution in [-0.4, -0.2) is 57.1 Å². The van der Waals surface area contributed by atoms with Crippen LogP contribution in [-0.2, 0) is 27.4 Å². The minimum absolute atomic E-state index is 0.0308. The Morgan fingerprint density at radius 3 is 2.63 bits per heavy atom. The highest BCUT2D eigenvalue weighted by Crippen LogP contribution is 2.28. The highest BCUT2D eigenvalue weighted by molar-refractivity contribution is 5.86. The van der Waals surface area contributed by atoms with Crippen molar-refractivity contribution in [2.24, 2.45) is 11.8 Å². The molecule has 4 rings (SSSR count). The van der Waals surface area contributed by atoms with Gasteiger partial charge in [0.2, 0.25) is 0 Å². The molecule has 0 spiro atoms. The van der Waals surface area contributed by atoms with Crippen LogP contribution in [0.5, 0.6) is 0 Å². The second-order valence-electron chi connectivity index (χ2n) is 8.44. The molecule has 2 amide bonds. The molecule has 1 aliphatic rings. The van der Waals surface area contributed by atoms with Gasteiger partial charge in [-0.1, -0.05) is 43.7 Å². The molecule has 184 valence electrons. The molecule has 1 fully saturated rings. The van der Waals surface area contributed by atoms with E-state index < -0.39 is 12.2 Å². The van der Waals surface area contributed by atoms with E-state index in [4.69, 9.17) is 9.47 Å². The van der Waals surface area contributed by atoms with Crippen LogP contribution >= 0.6 is 0 Å². The molecule has 0 aliphatic carbocycles. The predicted octanol–water partition coefficient (Wildman–Crippen LogP) is 3.86. The van der Waals surface area contributed by atoms with Gasteiger partial charge in [0.05, 0.1) is 19.3 Å². The summed E-state index contributed by atoms with van der Waals surface area (Å²) in [6.07, 6.45) is 2.96. The monoisotopic (exact) mass is 479 g/mol. The third-order valence-electron chi connectivity index (χ3n) is 6.14. The SMILES string of the molecule is CCOC(=O)Nc1cnc2c(ccn2CC(=O)[C@H]2CN(C(=O)OCc3ccccc3)C[C@H]2CC)n1. The Balaban J connectivity index is 1.38. The summed E-state index contributed by atoms with van der Waals surface area (Å²) in [7, 11) is 0. The molecule has 2 atom stereocenters. The van der Waals surface area contributed by atoms with Gasteiger partial charge < -0.3 is 18.9 Å². The summed E-state index contributed by atoms with van der Waals surface area (Å²) < 4.78 is 12.1. The van der Waals surface area contributed by atoms with Crippen LogP contribution in [0.3, 0.4) is 0 Å². The van der Waals surface area contributed by atoms with E-state index in [0.29, 0.717) is 24.3 Å². The smallest absolute Gasteiger partial charge is 0.412 e. The summed E-state index contributed by atoms with van der Waals surface area (Å²) in [4.78, 5) is 47.8. The number of anilines is 1. The normalized spacial score (nSPS) is 17.4. The van der Waals surface area contributed by atoms with Gasteiger partial charge in [-0.3, -0.25) is 10.1 Å². The first-order valence-electron chi connectivity index (χ1n) is 11.7. The molecule has 0 bridgehead atoms. The summed E-state index contributed by atoms with van der Waals surface area (Å²) in [5.41, 5.74) is 2.01. The highest BCUT2D eigenvalue weighted by atomic mass is 16.6. The second kappa shape index (κ2) is 11.0. The number of nitrogens with one attached hydrogen (secondary N) is 1. The van der Waals surface area contributed by atoms with Gasteiger partial charge in [-0.05, 0) is 24.5 Å². The molecule has 2 aromatic heterocycles. The van der Waals surface area contributed by atoms with Gasteiger partial charge in [-0.25, -0.2) is 19.6 Å². The van der Waals surface area contributed by atoms with Gasteiger partial charge >= 0.3 is 12.2 Å². The molecule has 0 unspecified atom stereocenters. The molecular weight excluding hydrogens is 450 g/mol. The summed E-state index contributed by atoms with van der Waals surface area (Å²) in [5.74, 6) is 0.0919. The Kier molecular flexibility index (Phi) is 7.59. The summed E-state index contributed by atoms with van der Waals surface area (Å²) in [6.45, 7) is 5.15. The second-order valence-corrected chi connectivity index (χ2v) is 8.44. The third kappa shape index (κ3) is 5.76. The van der Waals surface area contributed by atoms with Crippen LogP contribution in [0.1, 0.15) is 25.8 Å². The van der Waals surface area contributed by atoms with Crippen LogP contribution in [0.15, 0.2) is 48.8 Å². The van der Waals surface area contributed by atoms with Crippen molar-refractivity contribution in [2.75, 3.05) is 25.0 Å². The number of Topliss-reactive ketones (excluding diaryl/α,β-unsaturated/α-hetero) is 1. The summed E-state index contributed by atoms with van der Waals surface area (Å²) in [6, 6.07) is 11.2. The first kappa shape index (κ1) is 24.2. The number of carbonyl (C=O) groups is 3. The van der Waals surface area contributed by atoms with Gasteiger partial charge in [0.1, 0.15) is 12.1 Å². The van der Waals surface area contributed by atoms with Crippen LogP contribution in [0.4, 0.5) is 15.4 Å². The van der Waals surface area contributed by atoms with Gasteiger partial charge in [0.25, 0.3) is 0 Å². The standard InChI is InChI=1S/C25H29N5O5/c1-3-18-13-30(25(33)35-16-17-8-6-5-7-9-17)14-19(18)21(31)15-29-11-10-20-23(29)26-12-22(27-20)28-24(32)34-4-2/h5-12,18-19H,3-4,13-16H2,1-2H3,(H,27,28,32)/t18-,19+/m1/s1. The largest absolute Gasteiger partial charge is 0.450 e. The number of ketones is 1. The maximum absolute atomic E-state index is 13.2. The van der Waals surface area contributed by atoms with Crippen molar-refractivity contribution in [3.8, 4) is 0 Å². The predicted molar refractivity (Wildman–Crippen MR) is 129 cm³/mol. The summed E-state index contributed by atoms with van der Waals surface area (Å²) >= 11 is 0. The average molecular weight is 480 g/mol. The maximum atomic E-state index is 13.2. The van der Waals surface area contributed by atoms with Crippen molar-refractivity contribution >= 4 is 35.0 Å². The lowest BCUT2D eigenvalue weighted by molar-refractivity contribution is -0.124. The van der Waals surface area contributed by atoms with Crippen LogP contribution in [0.25, 0.3) is 11.2 Å². The zero-order valence-corrected chi connectivity index (χ0v) is 19.8. The molecule has 1 aromatic carbocycles. The van der Waals surface area contributed by atoms with E-state index in [1.165, 1.54) is 6.20 Å². The number of hydrogen-bond donors (Lipinski definition) is 1. The van der Waals surface area contributed by atoms with Gasteiger partial charge in [0, 0.05) is 25.2 Å². The number of rotatable bonds is 8. The van der Waals surface area contributed by atoms with Gasteiger partial charge in [-0.15, -0.1) is 0 Å². The van der Waals surface area contributed by atoms with E-state index in [9.17, 15) is 14.4 Å². The average Bonchev–Trinajstić information content (AvgIpc) is 3.47. The van der Waals surface area contributed by atoms with E-state index in [-0.39, 0.29) is 43.2 Å². The first-order chi connectivity index (χ1) is 17.0. The van der Waals surface area contributed by atoms with E-state index in [2.05, 4.69) is 15.3 Å². The van der Waals surface area contributed by atoms with Crippen molar-refractivity contribution in [1.29, 1.82) is 0 Å². The van der Waals surface area contributed by atoms with E-state index in [0.717, 1.165) is 12.0 Å². The molecular formula is C25H29N5O5. The molecule has 10 nitrogen and oxygen atoms in total. The van der Waals surface area contributed by atoms with Crippen molar-refractivity contribution in [3.05, 3.63) is 54.4 Å². The summed E-state index contributed by atoms with van der Waals surface area (Å²) in [5, 5.41) is 2.52. The first-order valence-corrected chi connectivity index (χ1v) is 11.7. The topological polar surface area (TPSA) is 116 Å². The number of carbonyl (C=O) groups excluding carboxylic acids is 3. The third-order valence-corrected chi connectivity index (χ3v) is 6.14. The molecule has 1 aliphatic heterocycles. The molecule has 1 saturated heterocycles. The Morgan fingerprint density at radius 1 is 1.09 bits per heavy atom. The van der Waals surface area contributed by atoms with Gasteiger partial charge in [-0.2, -0.15) is 0 Å². The zero-order chi connectivity index (χ0) is 24.8. The van der Waals surface area contributed by atoms with Crippen molar-refractivity contribution in [2.45, 2.75) is 33.4 Å². The quantitative estimate of drug-likeness (QED) is 0.521. The molecule has 35 heavy (non-hydrogen) atoms. The zero-order valence-electron chi connectivity index (χ0n) is 19.8. The van der Waals surface area contributed by atoms with E-state index in [1.54, 1.807) is 28.7 Å². The molecule has 0 radical (unpaired) electrons. The van der Waals surface area contributed by atoms with Crippen LogP contribution < -0.4 is 5.32 Å². The van der Waals surface area contributed by atoms with Gasteiger partial charge in [0.15, 0.2) is 17.2 Å². The maximum Gasteiger partial charge on any atom is 0.412 e. The molecule has 3 aromatic rings. The lowest BCUT2D eigenvalue weighted by Crippen LogP contribution is -2.31. The number of hydrogen-bond acceptors (Lipinski definition) is 7. The Hall–Kier alpha value is -3.95. The number of benzene rings is 1. The van der Waals surface area contributed by atoms with E-state index >= 15 is 0 Å². The Bertz CT molecular complexity index is 1200. The van der Waals surface area contributed by atoms with Crippen LogP contribution in [0.2, 0.25) is 0 Å². The van der Waals surface area contributed by atoms with Crippen molar-refractivity contribution in [3.63, 3.8) is 0 Å². The fourth-order valence-corrected chi connectivity index (χ4v) is 4.32. The lowest BCUT2D eigenvalue weighted by atomic mass is 9.90. The number of aromatic nitrogens is 3. The van der Waals surface area contributed by atoms with Crippen molar-refractivity contribution in [1.82, 2.24) is 19.4 Å². The number of amides is 2. The minimum atomic E-state index is -0.602.